The third-order valence-electron chi connectivity index (χ3n) is 4.18. The summed E-state index contributed by atoms with van der Waals surface area (Å²) in [4.78, 5) is 9.97. The molecule has 0 saturated heterocycles. The number of anilines is 1. The summed E-state index contributed by atoms with van der Waals surface area (Å²) in [5.74, 6) is -2.72. The Kier molecular flexibility index (Phi) is 5.98. The van der Waals surface area contributed by atoms with Crippen molar-refractivity contribution in [3.05, 3.63) is 69.8 Å². The number of benzene rings is 1. The van der Waals surface area contributed by atoms with E-state index in [0.29, 0.717) is 12.1 Å². The van der Waals surface area contributed by atoms with E-state index in [2.05, 4.69) is 20.3 Å². The molecule has 0 fully saturated rings. The molecule has 1 atom stereocenters. The number of halogens is 6. The van der Waals surface area contributed by atoms with Crippen LogP contribution in [0.25, 0.3) is 0 Å². The van der Waals surface area contributed by atoms with E-state index in [0.717, 1.165) is 18.4 Å². The highest BCUT2D eigenvalue weighted by molar-refractivity contribution is 7.90. The lowest BCUT2D eigenvalue weighted by molar-refractivity contribution is -0.141. The standard InChI is InChI=1S/C18H14ClF5N4O2S/c1-8-17(31(2,29)30)28-16(25-8)14(9-3-4-11(20)10(19)7-9)27-15-12(21)5-6-13(26-15)18(22,23)24/h3-7,14H,1-2H3,(H,25,28)(H,26,27). The average molecular weight is 481 g/mol. The Bertz CT molecular complexity index is 1240. The maximum atomic E-state index is 14.3. The Morgan fingerprint density at radius 1 is 1.10 bits per heavy atom. The van der Waals surface area contributed by atoms with Crippen molar-refractivity contribution in [2.24, 2.45) is 0 Å². The number of hydrogen-bond acceptors (Lipinski definition) is 5. The molecule has 0 spiro atoms. The highest BCUT2D eigenvalue weighted by Crippen LogP contribution is 2.32. The lowest BCUT2D eigenvalue weighted by Gasteiger charge is -2.19. The monoisotopic (exact) mass is 480 g/mol. The first-order valence-electron chi connectivity index (χ1n) is 8.49. The summed E-state index contributed by atoms with van der Waals surface area (Å²) in [6, 6.07) is 3.21. The van der Waals surface area contributed by atoms with Crippen molar-refractivity contribution >= 4 is 27.3 Å². The number of aromatic amines is 1. The first-order valence-corrected chi connectivity index (χ1v) is 10.8. The number of imidazole rings is 1. The van der Waals surface area contributed by atoms with Crippen LogP contribution in [-0.2, 0) is 16.0 Å². The van der Waals surface area contributed by atoms with E-state index in [1.54, 1.807) is 0 Å². The molecule has 31 heavy (non-hydrogen) atoms. The van der Waals surface area contributed by atoms with Crippen LogP contribution in [-0.4, -0.2) is 29.6 Å². The zero-order chi connectivity index (χ0) is 23.1. The van der Waals surface area contributed by atoms with Crippen molar-refractivity contribution in [1.82, 2.24) is 15.0 Å². The molecule has 0 aliphatic rings. The van der Waals surface area contributed by atoms with Crippen LogP contribution in [0, 0.1) is 18.6 Å². The Balaban J connectivity index is 2.15. The molecule has 0 saturated carbocycles. The summed E-state index contributed by atoms with van der Waals surface area (Å²) in [7, 11) is -3.75. The van der Waals surface area contributed by atoms with Crippen LogP contribution in [0.1, 0.15) is 28.8 Å². The molecule has 2 heterocycles. The summed E-state index contributed by atoms with van der Waals surface area (Å²) in [5, 5.41) is 1.86. The highest BCUT2D eigenvalue weighted by Gasteiger charge is 2.34. The third kappa shape index (κ3) is 4.96. The number of aryl methyl sites for hydroxylation is 1. The maximum Gasteiger partial charge on any atom is 0.433 e. The number of H-pyrrole nitrogens is 1. The van der Waals surface area contributed by atoms with Gasteiger partial charge in [0.25, 0.3) is 0 Å². The van der Waals surface area contributed by atoms with Crippen molar-refractivity contribution in [3.8, 4) is 0 Å². The number of alkyl halides is 3. The van der Waals surface area contributed by atoms with Gasteiger partial charge in [0.15, 0.2) is 26.5 Å². The fourth-order valence-electron chi connectivity index (χ4n) is 2.80. The molecule has 2 aromatic heterocycles. The van der Waals surface area contributed by atoms with Crippen LogP contribution in [0.3, 0.4) is 0 Å². The van der Waals surface area contributed by atoms with E-state index in [4.69, 9.17) is 11.6 Å². The molecular weight excluding hydrogens is 467 g/mol. The molecule has 1 unspecified atom stereocenters. The zero-order valence-corrected chi connectivity index (χ0v) is 17.4. The molecule has 166 valence electrons. The number of pyridine rings is 1. The second-order valence-electron chi connectivity index (χ2n) is 6.60. The fraction of sp³-hybridized carbons (Fsp3) is 0.222. The van der Waals surface area contributed by atoms with Crippen molar-refractivity contribution in [1.29, 1.82) is 0 Å². The fourth-order valence-corrected chi connectivity index (χ4v) is 3.86. The van der Waals surface area contributed by atoms with Crippen LogP contribution in [0.15, 0.2) is 35.4 Å². The molecular formula is C18H14ClF5N4O2S. The van der Waals surface area contributed by atoms with Gasteiger partial charge < -0.3 is 10.3 Å². The highest BCUT2D eigenvalue weighted by atomic mass is 35.5. The Hall–Kier alpha value is -2.73. The predicted molar refractivity (Wildman–Crippen MR) is 103 cm³/mol. The molecule has 0 bridgehead atoms. The lowest BCUT2D eigenvalue weighted by atomic mass is 10.1. The summed E-state index contributed by atoms with van der Waals surface area (Å²) in [5.41, 5.74) is -1.03. The van der Waals surface area contributed by atoms with E-state index in [1.165, 1.54) is 13.0 Å². The number of nitrogens with zero attached hydrogens (tertiary/aromatic N) is 2. The zero-order valence-electron chi connectivity index (χ0n) is 15.9. The molecule has 3 aromatic rings. The van der Waals surface area contributed by atoms with Gasteiger partial charge >= 0.3 is 6.18 Å². The minimum atomic E-state index is -4.83. The maximum absolute atomic E-state index is 14.3. The van der Waals surface area contributed by atoms with Gasteiger partial charge in [-0.1, -0.05) is 17.7 Å². The van der Waals surface area contributed by atoms with Gasteiger partial charge in [-0.3, -0.25) is 0 Å². The topological polar surface area (TPSA) is 87.7 Å². The molecule has 1 aromatic carbocycles. The minimum Gasteiger partial charge on any atom is -0.354 e. The van der Waals surface area contributed by atoms with E-state index in [1.807, 2.05) is 0 Å². The third-order valence-corrected chi connectivity index (χ3v) is 5.57. The van der Waals surface area contributed by atoms with Gasteiger partial charge in [-0.15, -0.1) is 0 Å². The van der Waals surface area contributed by atoms with Gasteiger partial charge in [-0.2, -0.15) is 13.2 Å². The number of rotatable bonds is 5. The largest absolute Gasteiger partial charge is 0.433 e. The van der Waals surface area contributed by atoms with Crippen LogP contribution in [0.2, 0.25) is 5.02 Å². The molecule has 0 amide bonds. The van der Waals surface area contributed by atoms with Crippen molar-refractivity contribution in [2.45, 2.75) is 24.2 Å². The molecule has 0 aliphatic heterocycles. The normalized spacial score (nSPS) is 13.3. The molecule has 3 rings (SSSR count). The quantitative estimate of drug-likeness (QED) is 0.518. The molecule has 2 N–H and O–H groups in total. The number of nitrogens with one attached hydrogen (secondary N) is 2. The number of hydrogen-bond donors (Lipinski definition) is 2. The Morgan fingerprint density at radius 3 is 2.29 bits per heavy atom. The van der Waals surface area contributed by atoms with Gasteiger partial charge in [-0.05, 0) is 36.8 Å². The van der Waals surface area contributed by atoms with Crippen LogP contribution in [0.5, 0.6) is 0 Å². The van der Waals surface area contributed by atoms with Crippen molar-refractivity contribution in [3.63, 3.8) is 0 Å². The van der Waals surface area contributed by atoms with E-state index >= 15 is 0 Å². The molecule has 13 heteroatoms. The van der Waals surface area contributed by atoms with Gasteiger partial charge in [0.2, 0.25) is 0 Å². The Morgan fingerprint density at radius 2 is 1.74 bits per heavy atom. The lowest BCUT2D eigenvalue weighted by Crippen LogP contribution is -2.18. The number of aromatic nitrogens is 3. The molecule has 0 aliphatic carbocycles. The van der Waals surface area contributed by atoms with E-state index in [-0.39, 0.29) is 27.1 Å². The van der Waals surface area contributed by atoms with E-state index in [9.17, 15) is 30.4 Å². The van der Waals surface area contributed by atoms with Crippen LogP contribution < -0.4 is 5.32 Å². The van der Waals surface area contributed by atoms with Crippen LogP contribution in [0.4, 0.5) is 27.8 Å². The van der Waals surface area contributed by atoms with Crippen molar-refractivity contribution in [2.75, 3.05) is 11.6 Å². The minimum absolute atomic E-state index is 0.0841. The molecule has 0 radical (unpaired) electrons. The first kappa shape index (κ1) is 22.9. The van der Waals surface area contributed by atoms with Crippen LogP contribution >= 0.6 is 11.6 Å². The predicted octanol–water partition coefficient (Wildman–Crippen LogP) is 4.67. The summed E-state index contributed by atoms with van der Waals surface area (Å²) < 4.78 is 90.7. The van der Waals surface area contributed by atoms with Crippen molar-refractivity contribution < 1.29 is 30.4 Å². The first-order chi connectivity index (χ1) is 14.3. The second kappa shape index (κ2) is 8.08. The summed E-state index contributed by atoms with van der Waals surface area (Å²) in [6.45, 7) is 1.42. The smallest absolute Gasteiger partial charge is 0.354 e. The average Bonchev–Trinajstić information content (AvgIpc) is 3.04. The summed E-state index contributed by atoms with van der Waals surface area (Å²) >= 11 is 5.81. The number of sulfone groups is 1. The van der Waals surface area contributed by atoms with Gasteiger partial charge in [0.05, 0.1) is 10.7 Å². The SMILES string of the molecule is Cc1[nH]c(C(Nc2nc(C(F)(F)F)ccc2F)c2ccc(F)c(Cl)c2)nc1S(C)(=O)=O. The van der Waals surface area contributed by atoms with Gasteiger partial charge in [0.1, 0.15) is 23.4 Å². The van der Waals surface area contributed by atoms with Gasteiger partial charge in [-0.25, -0.2) is 27.2 Å². The van der Waals surface area contributed by atoms with E-state index < -0.39 is 45.2 Å². The van der Waals surface area contributed by atoms with Gasteiger partial charge in [0, 0.05) is 6.26 Å². The summed E-state index contributed by atoms with van der Waals surface area (Å²) in [6.07, 6.45) is -3.91. The Labute approximate surface area is 178 Å². The second-order valence-corrected chi connectivity index (χ2v) is 8.94. The molecule has 6 nitrogen and oxygen atoms in total.